The Morgan fingerprint density at radius 2 is 2.43 bits per heavy atom. The monoisotopic (exact) mass is 198 g/mol. The van der Waals surface area contributed by atoms with Gasteiger partial charge in [-0.25, -0.2) is 0 Å². The van der Waals surface area contributed by atoms with E-state index in [1.54, 1.807) is 25.1 Å². The van der Waals surface area contributed by atoms with E-state index in [4.69, 9.17) is 16.3 Å². The first kappa shape index (κ1) is 5.03. The summed E-state index contributed by atoms with van der Waals surface area (Å²) in [6, 6.07) is 4.82. The van der Waals surface area contributed by atoms with Crippen LogP contribution in [0.15, 0.2) is 18.2 Å². The summed E-state index contributed by atoms with van der Waals surface area (Å²) in [5.74, 6) is 0.689. The van der Waals surface area contributed by atoms with E-state index in [0.717, 1.165) is 5.56 Å². The standard InChI is InChI=1S/C11H15NO2/c1-8(12-2)5-9-3-4-10-11(6-9)14-7-13-10/h3-4,6,8,12H,5,7H2,1-2H3/i2D3,7D2. The van der Waals surface area contributed by atoms with Crippen molar-refractivity contribution in [3.05, 3.63) is 23.8 Å². The van der Waals surface area contributed by atoms with Crippen molar-refractivity contribution >= 4 is 0 Å². The van der Waals surface area contributed by atoms with Crippen LogP contribution in [0.4, 0.5) is 0 Å². The average Bonchev–Trinajstić information content (AvgIpc) is 2.47. The van der Waals surface area contributed by atoms with Crippen LogP contribution in [0.5, 0.6) is 11.5 Å². The third-order valence-corrected chi connectivity index (χ3v) is 2.10. The second-order valence-electron chi connectivity index (χ2n) is 3.32. The van der Waals surface area contributed by atoms with Crippen LogP contribution in [0.2, 0.25) is 0 Å². The normalized spacial score (nSPS) is 25.4. The van der Waals surface area contributed by atoms with Crippen molar-refractivity contribution < 1.29 is 16.3 Å². The van der Waals surface area contributed by atoms with E-state index in [9.17, 15) is 0 Å². The Balaban J connectivity index is 2.04. The lowest BCUT2D eigenvalue weighted by Crippen LogP contribution is -2.23. The molecule has 76 valence electrons. The van der Waals surface area contributed by atoms with Crippen LogP contribution in [0.3, 0.4) is 0 Å². The smallest absolute Gasteiger partial charge is 0.231 e. The van der Waals surface area contributed by atoms with Crippen molar-refractivity contribution in [3.8, 4) is 11.5 Å². The van der Waals surface area contributed by atoms with Gasteiger partial charge in [0.25, 0.3) is 0 Å². The average molecular weight is 198 g/mol. The number of hydrogen-bond donors (Lipinski definition) is 1. The molecule has 0 radical (unpaired) electrons. The van der Waals surface area contributed by atoms with E-state index in [1.807, 2.05) is 0 Å². The highest BCUT2D eigenvalue weighted by atomic mass is 16.7. The SMILES string of the molecule is [2H]C([2H])([2H])NC(C)Cc1ccc2c(c1)OC([2H])([2H])O2. The second-order valence-corrected chi connectivity index (χ2v) is 3.32. The van der Waals surface area contributed by atoms with Crippen molar-refractivity contribution in [2.24, 2.45) is 0 Å². The van der Waals surface area contributed by atoms with Crippen LogP contribution in [-0.2, 0) is 6.42 Å². The van der Waals surface area contributed by atoms with E-state index in [-0.39, 0.29) is 6.04 Å². The molecule has 0 bridgehead atoms. The molecule has 2 rings (SSSR count). The van der Waals surface area contributed by atoms with E-state index in [0.29, 0.717) is 17.9 Å². The quantitative estimate of drug-likeness (QED) is 0.799. The van der Waals surface area contributed by atoms with Crippen molar-refractivity contribution in [2.45, 2.75) is 19.4 Å². The molecule has 0 aromatic heterocycles. The number of nitrogens with one attached hydrogen (secondary N) is 1. The summed E-state index contributed by atoms with van der Waals surface area (Å²) in [5, 5.41) is 2.51. The summed E-state index contributed by atoms with van der Waals surface area (Å²) in [4.78, 5) is 0. The van der Waals surface area contributed by atoms with Gasteiger partial charge in [0.05, 0.1) is 0 Å². The lowest BCUT2D eigenvalue weighted by Gasteiger charge is -2.09. The highest BCUT2D eigenvalue weighted by Gasteiger charge is 2.13. The van der Waals surface area contributed by atoms with Gasteiger partial charge in [0.1, 0.15) is 2.74 Å². The molecule has 1 aliphatic rings. The van der Waals surface area contributed by atoms with Gasteiger partial charge >= 0.3 is 0 Å². The minimum Gasteiger partial charge on any atom is -0.454 e. The molecular weight excluding hydrogens is 178 g/mol. The highest BCUT2D eigenvalue weighted by molar-refractivity contribution is 5.44. The Morgan fingerprint density at radius 3 is 3.29 bits per heavy atom. The molecule has 1 aromatic rings. The van der Waals surface area contributed by atoms with Crippen LogP contribution in [0, 0.1) is 0 Å². The predicted octanol–water partition coefficient (Wildman–Crippen LogP) is 1.57. The van der Waals surface area contributed by atoms with E-state index in [2.05, 4.69) is 5.32 Å². The van der Waals surface area contributed by atoms with Crippen molar-refractivity contribution in [1.82, 2.24) is 5.32 Å². The number of benzene rings is 1. The molecule has 1 aliphatic heterocycles. The van der Waals surface area contributed by atoms with Gasteiger partial charge in [-0.2, -0.15) is 0 Å². The fraction of sp³-hybridized carbons (Fsp3) is 0.455. The maximum absolute atomic E-state index is 7.34. The van der Waals surface area contributed by atoms with Gasteiger partial charge in [0, 0.05) is 10.2 Å². The highest BCUT2D eigenvalue weighted by Crippen LogP contribution is 2.32. The molecule has 1 atom stereocenters. The van der Waals surface area contributed by atoms with Crippen LogP contribution in [0.1, 0.15) is 19.3 Å². The summed E-state index contributed by atoms with van der Waals surface area (Å²) >= 11 is 0. The Labute approximate surface area is 91.1 Å². The van der Waals surface area contributed by atoms with E-state index in [1.165, 1.54) is 0 Å². The topological polar surface area (TPSA) is 30.5 Å². The molecule has 0 saturated carbocycles. The minimum atomic E-state index is -2.17. The molecule has 0 spiro atoms. The van der Waals surface area contributed by atoms with Crippen LogP contribution in [0.25, 0.3) is 0 Å². The lowest BCUT2D eigenvalue weighted by atomic mass is 10.1. The number of fused-ring (bicyclic) bond motifs is 1. The number of likely N-dealkylation sites (N-methyl/N-ethyl adjacent to an activating group) is 1. The molecule has 1 unspecified atom stereocenters. The van der Waals surface area contributed by atoms with Gasteiger partial charge in [-0.15, -0.1) is 0 Å². The largest absolute Gasteiger partial charge is 0.454 e. The fourth-order valence-electron chi connectivity index (χ4n) is 1.36. The third-order valence-electron chi connectivity index (χ3n) is 2.10. The van der Waals surface area contributed by atoms with Crippen molar-refractivity contribution in [3.63, 3.8) is 0 Å². The predicted molar refractivity (Wildman–Crippen MR) is 54.8 cm³/mol. The number of ether oxygens (including phenoxy) is 2. The maximum Gasteiger partial charge on any atom is 0.231 e. The fourth-order valence-corrected chi connectivity index (χ4v) is 1.36. The third kappa shape index (κ3) is 1.82. The zero-order valence-corrected chi connectivity index (χ0v) is 7.83. The zero-order chi connectivity index (χ0) is 14.3. The summed E-state index contributed by atoms with van der Waals surface area (Å²) < 4.78 is 46.0. The van der Waals surface area contributed by atoms with Gasteiger partial charge in [-0.05, 0) is 38.0 Å². The molecule has 1 aromatic carbocycles. The number of hydrogen-bond acceptors (Lipinski definition) is 3. The molecule has 0 aliphatic carbocycles. The first-order valence-corrected chi connectivity index (χ1v) is 4.43. The van der Waals surface area contributed by atoms with Gasteiger partial charge in [0.2, 0.25) is 6.75 Å². The molecule has 0 saturated heterocycles. The van der Waals surface area contributed by atoms with E-state index >= 15 is 0 Å². The summed E-state index contributed by atoms with van der Waals surface area (Å²) in [6.45, 7) is -2.53. The van der Waals surface area contributed by atoms with Gasteiger partial charge < -0.3 is 14.8 Å². The van der Waals surface area contributed by atoms with Crippen LogP contribution >= 0.6 is 0 Å². The first-order chi connectivity index (χ1) is 8.65. The molecule has 1 heterocycles. The Hall–Kier alpha value is -1.22. The lowest BCUT2D eigenvalue weighted by molar-refractivity contribution is 0.174. The Bertz CT molecular complexity index is 475. The molecule has 0 amide bonds. The van der Waals surface area contributed by atoms with Gasteiger partial charge in [-0.3, -0.25) is 0 Å². The molecule has 3 nitrogen and oxygen atoms in total. The summed E-state index contributed by atoms with van der Waals surface area (Å²) in [5.41, 5.74) is 0.851. The van der Waals surface area contributed by atoms with E-state index < -0.39 is 13.7 Å². The molecular formula is C11H15NO2. The molecule has 0 fully saturated rings. The summed E-state index contributed by atoms with van der Waals surface area (Å²) in [7, 11) is 0. The molecule has 3 heteroatoms. The van der Waals surface area contributed by atoms with Gasteiger partial charge in [0.15, 0.2) is 11.5 Å². The van der Waals surface area contributed by atoms with Crippen molar-refractivity contribution in [2.75, 3.05) is 13.7 Å². The summed E-state index contributed by atoms with van der Waals surface area (Å²) in [6.07, 6.45) is 0.498. The van der Waals surface area contributed by atoms with Crippen LogP contribution < -0.4 is 14.8 Å². The molecule has 1 N–H and O–H groups in total. The zero-order valence-electron chi connectivity index (χ0n) is 12.8. The van der Waals surface area contributed by atoms with Crippen molar-refractivity contribution in [1.29, 1.82) is 0 Å². The first-order valence-electron chi connectivity index (χ1n) is 6.93. The Kier molecular flexibility index (Phi) is 1.39. The number of rotatable bonds is 3. The maximum atomic E-state index is 7.34. The minimum absolute atomic E-state index is 0.232. The Morgan fingerprint density at radius 1 is 1.57 bits per heavy atom. The van der Waals surface area contributed by atoms with Gasteiger partial charge in [-0.1, -0.05) is 6.07 Å². The van der Waals surface area contributed by atoms with Crippen LogP contribution in [-0.4, -0.2) is 19.8 Å². The second kappa shape index (κ2) is 3.88. The molecule has 14 heavy (non-hydrogen) atoms.